The second-order valence-corrected chi connectivity index (χ2v) is 4.12. The molecule has 0 fully saturated rings. The molecule has 0 radical (unpaired) electrons. The highest BCUT2D eigenvalue weighted by Gasteiger charge is 2.08. The highest BCUT2D eigenvalue weighted by Crippen LogP contribution is 2.11. The Hall–Kier alpha value is -2.41. The second kappa shape index (κ2) is 4.69. The fourth-order valence-corrected chi connectivity index (χ4v) is 1.95. The Morgan fingerprint density at radius 2 is 2.11 bits per heavy atom. The van der Waals surface area contributed by atoms with Crippen molar-refractivity contribution in [2.45, 2.75) is 19.7 Å². The van der Waals surface area contributed by atoms with Gasteiger partial charge < -0.3 is 9.52 Å². The lowest BCUT2D eigenvalue weighted by atomic mass is 10.3. The molecule has 0 spiro atoms. The number of para-hydroxylation sites is 2. The summed E-state index contributed by atoms with van der Waals surface area (Å²) >= 11 is 0. The summed E-state index contributed by atoms with van der Waals surface area (Å²) < 4.78 is 8.27. The molecular weight excluding hydrogens is 248 g/mol. The van der Waals surface area contributed by atoms with Gasteiger partial charge in [-0.05, 0) is 12.1 Å². The van der Waals surface area contributed by atoms with E-state index < -0.39 is 0 Å². The van der Waals surface area contributed by atoms with Gasteiger partial charge in [-0.2, -0.15) is 0 Å². The minimum Gasteiger partial charge on any atom is -0.408 e. The Labute approximate surface area is 107 Å². The van der Waals surface area contributed by atoms with E-state index >= 15 is 0 Å². The van der Waals surface area contributed by atoms with Crippen molar-refractivity contribution in [2.75, 3.05) is 0 Å². The molecule has 19 heavy (non-hydrogen) atoms. The molecule has 98 valence electrons. The minimum atomic E-state index is -0.385. The van der Waals surface area contributed by atoms with Crippen molar-refractivity contribution in [3.8, 4) is 0 Å². The molecule has 0 saturated heterocycles. The molecule has 7 heteroatoms. The van der Waals surface area contributed by atoms with Gasteiger partial charge in [0.2, 0.25) is 0 Å². The molecular formula is C12H12N4O3. The molecule has 7 nitrogen and oxygen atoms in total. The summed E-state index contributed by atoms with van der Waals surface area (Å²) in [5.41, 5.74) is 1.83. The average Bonchev–Trinajstić information content (AvgIpc) is 3.00. The third kappa shape index (κ3) is 2.15. The molecule has 0 unspecified atom stereocenters. The van der Waals surface area contributed by atoms with E-state index in [2.05, 4.69) is 10.3 Å². The molecule has 0 amide bonds. The number of aryl methyl sites for hydroxylation is 2. The maximum absolute atomic E-state index is 11.7. The number of nitrogens with zero attached hydrogens (tertiary/aromatic N) is 4. The summed E-state index contributed by atoms with van der Waals surface area (Å²) in [5, 5.41) is 16.5. The van der Waals surface area contributed by atoms with Crippen LogP contribution in [0.2, 0.25) is 0 Å². The lowest BCUT2D eigenvalue weighted by Gasteiger charge is -2.01. The monoisotopic (exact) mass is 260 g/mol. The predicted octanol–water partition coefficient (Wildman–Crippen LogP) is 0.378. The van der Waals surface area contributed by atoms with Crippen LogP contribution in [0.1, 0.15) is 5.69 Å². The van der Waals surface area contributed by atoms with Gasteiger partial charge in [-0.25, -0.2) is 4.79 Å². The van der Waals surface area contributed by atoms with Crippen molar-refractivity contribution in [3.63, 3.8) is 0 Å². The van der Waals surface area contributed by atoms with Gasteiger partial charge in [0.25, 0.3) is 0 Å². The fourth-order valence-electron chi connectivity index (χ4n) is 1.95. The van der Waals surface area contributed by atoms with Gasteiger partial charge in [0, 0.05) is 6.54 Å². The van der Waals surface area contributed by atoms with Crippen LogP contribution in [0.15, 0.2) is 39.7 Å². The smallest absolute Gasteiger partial charge is 0.408 e. The van der Waals surface area contributed by atoms with Crippen molar-refractivity contribution >= 4 is 11.1 Å². The Morgan fingerprint density at radius 3 is 2.89 bits per heavy atom. The van der Waals surface area contributed by atoms with Crippen LogP contribution in [0, 0.1) is 0 Å². The van der Waals surface area contributed by atoms with Crippen molar-refractivity contribution in [1.29, 1.82) is 0 Å². The lowest BCUT2D eigenvalue weighted by molar-refractivity contribution is 0.276. The van der Waals surface area contributed by atoms with E-state index in [1.165, 1.54) is 0 Å². The quantitative estimate of drug-likeness (QED) is 0.732. The van der Waals surface area contributed by atoms with Crippen LogP contribution < -0.4 is 5.76 Å². The van der Waals surface area contributed by atoms with Crippen molar-refractivity contribution in [1.82, 2.24) is 19.6 Å². The van der Waals surface area contributed by atoms with Crippen LogP contribution >= 0.6 is 0 Å². The molecule has 3 rings (SSSR count). The van der Waals surface area contributed by atoms with Crippen LogP contribution in [-0.4, -0.2) is 24.7 Å². The van der Waals surface area contributed by atoms with Crippen LogP contribution in [-0.2, 0) is 19.7 Å². The van der Waals surface area contributed by atoms with Gasteiger partial charge in [-0.3, -0.25) is 9.25 Å². The molecule has 1 N–H and O–H groups in total. The highest BCUT2D eigenvalue weighted by molar-refractivity contribution is 5.72. The summed E-state index contributed by atoms with van der Waals surface area (Å²) in [6.45, 7) is 0.773. The Bertz CT molecular complexity index is 756. The standard InChI is InChI=1S/C12H12N4O3/c17-8-9-7-15(14-13-9)5-6-16-10-3-1-2-4-11(10)19-12(16)18/h1-4,7,17H,5-6,8H2. The molecule has 2 heterocycles. The van der Waals surface area contributed by atoms with Gasteiger partial charge in [0.1, 0.15) is 5.69 Å². The maximum atomic E-state index is 11.7. The number of oxazole rings is 1. The van der Waals surface area contributed by atoms with Crippen LogP contribution in [0.5, 0.6) is 0 Å². The van der Waals surface area contributed by atoms with Gasteiger partial charge >= 0.3 is 5.76 Å². The molecule has 0 atom stereocenters. The van der Waals surface area contributed by atoms with Gasteiger partial charge in [-0.1, -0.05) is 17.3 Å². The largest absolute Gasteiger partial charge is 0.420 e. The van der Waals surface area contributed by atoms with E-state index in [9.17, 15) is 4.79 Å². The summed E-state index contributed by atoms with van der Waals surface area (Å²) in [4.78, 5) is 11.7. The number of hydrogen-bond donors (Lipinski definition) is 1. The van der Waals surface area contributed by atoms with Crippen LogP contribution in [0.25, 0.3) is 11.1 Å². The lowest BCUT2D eigenvalue weighted by Crippen LogP contribution is -2.18. The third-order valence-electron chi connectivity index (χ3n) is 2.87. The molecule has 0 aliphatic heterocycles. The average molecular weight is 260 g/mol. The van der Waals surface area contributed by atoms with Crippen molar-refractivity contribution in [3.05, 3.63) is 46.7 Å². The number of aliphatic hydroxyl groups excluding tert-OH is 1. The predicted molar refractivity (Wildman–Crippen MR) is 66.4 cm³/mol. The highest BCUT2D eigenvalue weighted by atomic mass is 16.4. The molecule has 0 aliphatic carbocycles. The Balaban J connectivity index is 1.85. The van der Waals surface area contributed by atoms with E-state index in [-0.39, 0.29) is 12.4 Å². The van der Waals surface area contributed by atoms with E-state index in [0.717, 1.165) is 5.52 Å². The van der Waals surface area contributed by atoms with Gasteiger partial charge in [-0.15, -0.1) is 5.10 Å². The first kappa shape index (κ1) is 11.7. The van der Waals surface area contributed by atoms with E-state index in [1.54, 1.807) is 21.5 Å². The van der Waals surface area contributed by atoms with E-state index in [0.29, 0.717) is 24.4 Å². The Morgan fingerprint density at radius 1 is 1.26 bits per heavy atom. The fraction of sp³-hybridized carbons (Fsp3) is 0.250. The first-order valence-electron chi connectivity index (χ1n) is 5.86. The van der Waals surface area contributed by atoms with Crippen LogP contribution in [0.3, 0.4) is 0 Å². The topological polar surface area (TPSA) is 86.1 Å². The molecule has 0 bridgehead atoms. The number of benzene rings is 1. The van der Waals surface area contributed by atoms with Crippen LogP contribution in [0.4, 0.5) is 0 Å². The summed E-state index contributed by atoms with van der Waals surface area (Å²) in [6.07, 6.45) is 1.65. The molecule has 1 aromatic carbocycles. The zero-order valence-electron chi connectivity index (χ0n) is 10.1. The normalized spacial score (nSPS) is 11.2. The number of fused-ring (bicyclic) bond motifs is 1. The third-order valence-corrected chi connectivity index (χ3v) is 2.87. The number of aromatic nitrogens is 4. The number of hydrogen-bond acceptors (Lipinski definition) is 5. The molecule has 2 aromatic heterocycles. The van der Waals surface area contributed by atoms with Crippen molar-refractivity contribution < 1.29 is 9.52 Å². The first-order valence-corrected chi connectivity index (χ1v) is 5.86. The van der Waals surface area contributed by atoms with Crippen molar-refractivity contribution in [2.24, 2.45) is 0 Å². The zero-order valence-corrected chi connectivity index (χ0v) is 10.1. The minimum absolute atomic E-state index is 0.144. The maximum Gasteiger partial charge on any atom is 0.420 e. The molecule has 0 saturated carbocycles. The Kier molecular flexibility index (Phi) is 2.88. The number of rotatable bonds is 4. The van der Waals surface area contributed by atoms with E-state index in [1.807, 2.05) is 18.2 Å². The zero-order chi connectivity index (χ0) is 13.2. The summed E-state index contributed by atoms with van der Waals surface area (Å²) in [7, 11) is 0. The SMILES string of the molecule is O=c1oc2ccccc2n1CCn1cc(CO)nn1. The number of aliphatic hydroxyl groups is 1. The van der Waals surface area contributed by atoms with Gasteiger partial charge in [0.05, 0.1) is 24.9 Å². The first-order chi connectivity index (χ1) is 9.28. The molecule has 0 aliphatic rings. The van der Waals surface area contributed by atoms with Gasteiger partial charge in [0.15, 0.2) is 5.58 Å². The summed E-state index contributed by atoms with van der Waals surface area (Å²) in [5.74, 6) is -0.385. The van der Waals surface area contributed by atoms with E-state index in [4.69, 9.17) is 9.52 Å². The summed E-state index contributed by atoms with van der Waals surface area (Å²) in [6, 6.07) is 7.26. The second-order valence-electron chi connectivity index (χ2n) is 4.12. The molecule has 3 aromatic rings.